The highest BCUT2D eigenvalue weighted by molar-refractivity contribution is 5.91. The Morgan fingerprint density at radius 3 is 2.77 bits per heavy atom. The number of halogens is 1. The first-order valence-electron chi connectivity index (χ1n) is 10.3. The molecule has 0 aliphatic carbocycles. The minimum absolute atomic E-state index is 0.165. The summed E-state index contributed by atoms with van der Waals surface area (Å²) in [4.78, 5) is 12.4. The SMILES string of the molecule is COc1ccc(CCC(=O)Nc2cc(-c3nnc4n3CCCCC4)ccc2F)cc1. The van der Waals surface area contributed by atoms with Crippen molar-refractivity contribution in [1.29, 1.82) is 0 Å². The van der Waals surface area contributed by atoms with Gasteiger partial charge in [0.15, 0.2) is 5.82 Å². The van der Waals surface area contributed by atoms with Crippen molar-refractivity contribution in [1.82, 2.24) is 14.8 Å². The van der Waals surface area contributed by atoms with E-state index in [1.165, 1.54) is 12.5 Å². The van der Waals surface area contributed by atoms with E-state index in [0.29, 0.717) is 6.42 Å². The van der Waals surface area contributed by atoms with Gasteiger partial charge in [0, 0.05) is 24.9 Å². The Balaban J connectivity index is 1.45. The molecule has 0 saturated heterocycles. The van der Waals surface area contributed by atoms with Gasteiger partial charge in [0.1, 0.15) is 17.4 Å². The maximum atomic E-state index is 14.4. The summed E-state index contributed by atoms with van der Waals surface area (Å²) in [5.74, 6) is 1.76. The maximum Gasteiger partial charge on any atom is 0.224 e. The van der Waals surface area contributed by atoms with Gasteiger partial charge in [-0.2, -0.15) is 0 Å². The second-order valence-corrected chi connectivity index (χ2v) is 7.49. The molecule has 6 nitrogen and oxygen atoms in total. The first kappa shape index (κ1) is 20.1. The maximum absolute atomic E-state index is 14.4. The Morgan fingerprint density at radius 1 is 1.13 bits per heavy atom. The molecule has 1 aliphatic rings. The van der Waals surface area contributed by atoms with Gasteiger partial charge < -0.3 is 14.6 Å². The van der Waals surface area contributed by atoms with Crippen LogP contribution >= 0.6 is 0 Å². The highest BCUT2D eigenvalue weighted by Crippen LogP contribution is 2.26. The Kier molecular flexibility index (Phi) is 6.07. The number of hydrogen-bond acceptors (Lipinski definition) is 4. The zero-order valence-electron chi connectivity index (χ0n) is 17.0. The van der Waals surface area contributed by atoms with Crippen LogP contribution in [0.1, 0.15) is 37.1 Å². The van der Waals surface area contributed by atoms with E-state index < -0.39 is 5.82 Å². The van der Waals surface area contributed by atoms with Gasteiger partial charge in [0.05, 0.1) is 12.8 Å². The summed E-state index contributed by atoms with van der Waals surface area (Å²) in [5.41, 5.74) is 1.94. The monoisotopic (exact) mass is 408 g/mol. The fourth-order valence-corrected chi connectivity index (χ4v) is 3.72. The average molecular weight is 408 g/mol. The summed E-state index contributed by atoms with van der Waals surface area (Å²) < 4.78 is 21.6. The number of nitrogens with one attached hydrogen (secondary N) is 1. The summed E-state index contributed by atoms with van der Waals surface area (Å²) in [6.07, 6.45) is 5.08. The van der Waals surface area contributed by atoms with Crippen LogP contribution in [0.5, 0.6) is 5.75 Å². The first-order valence-corrected chi connectivity index (χ1v) is 10.3. The highest BCUT2D eigenvalue weighted by atomic mass is 19.1. The number of aryl methyl sites for hydroxylation is 2. The van der Waals surface area contributed by atoms with E-state index in [4.69, 9.17) is 4.74 Å². The van der Waals surface area contributed by atoms with Gasteiger partial charge in [-0.1, -0.05) is 18.6 Å². The molecular formula is C23H25FN4O2. The fourth-order valence-electron chi connectivity index (χ4n) is 3.72. The molecule has 1 N–H and O–H groups in total. The van der Waals surface area contributed by atoms with Crippen LogP contribution in [-0.4, -0.2) is 27.8 Å². The molecule has 0 atom stereocenters. The van der Waals surface area contributed by atoms with Gasteiger partial charge in [-0.25, -0.2) is 4.39 Å². The number of aromatic nitrogens is 3. The van der Waals surface area contributed by atoms with Crippen LogP contribution < -0.4 is 10.1 Å². The van der Waals surface area contributed by atoms with Crippen molar-refractivity contribution in [2.24, 2.45) is 0 Å². The molecule has 0 spiro atoms. The number of methoxy groups -OCH3 is 1. The number of benzene rings is 2. The van der Waals surface area contributed by atoms with Crippen molar-refractivity contribution < 1.29 is 13.9 Å². The molecule has 0 fully saturated rings. The summed E-state index contributed by atoms with van der Waals surface area (Å²) in [7, 11) is 1.61. The Bertz CT molecular complexity index is 1030. The lowest BCUT2D eigenvalue weighted by Crippen LogP contribution is -2.13. The quantitative estimate of drug-likeness (QED) is 0.657. The number of ether oxygens (including phenoxy) is 1. The number of carbonyl (C=O) groups excluding carboxylic acids is 1. The van der Waals surface area contributed by atoms with E-state index in [0.717, 1.165) is 54.3 Å². The van der Waals surface area contributed by atoms with Crippen molar-refractivity contribution in [3.8, 4) is 17.1 Å². The predicted molar refractivity (Wildman–Crippen MR) is 113 cm³/mol. The van der Waals surface area contributed by atoms with Gasteiger partial charge in [-0.3, -0.25) is 4.79 Å². The Morgan fingerprint density at radius 2 is 1.97 bits per heavy atom. The van der Waals surface area contributed by atoms with Crippen LogP contribution in [0.2, 0.25) is 0 Å². The number of hydrogen-bond donors (Lipinski definition) is 1. The highest BCUT2D eigenvalue weighted by Gasteiger charge is 2.17. The summed E-state index contributed by atoms with van der Waals surface area (Å²) >= 11 is 0. The number of amides is 1. The van der Waals surface area contributed by atoms with E-state index in [1.807, 2.05) is 24.3 Å². The number of nitrogens with zero attached hydrogens (tertiary/aromatic N) is 3. The molecule has 1 amide bonds. The van der Waals surface area contributed by atoms with E-state index >= 15 is 0 Å². The Hall–Kier alpha value is -3.22. The molecule has 7 heteroatoms. The van der Waals surface area contributed by atoms with E-state index in [9.17, 15) is 9.18 Å². The molecule has 2 heterocycles. The molecule has 0 radical (unpaired) electrons. The van der Waals surface area contributed by atoms with Crippen molar-refractivity contribution >= 4 is 11.6 Å². The molecule has 0 unspecified atom stereocenters. The Labute approximate surface area is 175 Å². The van der Waals surface area contributed by atoms with E-state index in [1.54, 1.807) is 19.2 Å². The molecular weight excluding hydrogens is 383 g/mol. The molecule has 156 valence electrons. The lowest BCUT2D eigenvalue weighted by molar-refractivity contribution is -0.116. The number of fused-ring (bicyclic) bond motifs is 1. The predicted octanol–water partition coefficient (Wildman–Crippen LogP) is 4.39. The van der Waals surface area contributed by atoms with Crippen molar-refractivity contribution in [2.45, 2.75) is 45.1 Å². The van der Waals surface area contributed by atoms with Gasteiger partial charge in [0.25, 0.3) is 0 Å². The van der Waals surface area contributed by atoms with Gasteiger partial charge in [-0.15, -0.1) is 10.2 Å². The third-order valence-corrected chi connectivity index (χ3v) is 5.41. The van der Waals surface area contributed by atoms with Crippen LogP contribution in [0.4, 0.5) is 10.1 Å². The van der Waals surface area contributed by atoms with Gasteiger partial charge in [0.2, 0.25) is 5.91 Å². The summed E-state index contributed by atoms with van der Waals surface area (Å²) in [6, 6.07) is 12.3. The molecule has 0 saturated carbocycles. The van der Waals surface area contributed by atoms with Crippen LogP contribution in [0.15, 0.2) is 42.5 Å². The van der Waals surface area contributed by atoms with Crippen molar-refractivity contribution in [2.75, 3.05) is 12.4 Å². The van der Waals surface area contributed by atoms with Crippen molar-refractivity contribution in [3.63, 3.8) is 0 Å². The minimum atomic E-state index is -0.466. The van der Waals surface area contributed by atoms with Crippen LogP contribution in [0.25, 0.3) is 11.4 Å². The fraction of sp³-hybridized carbons (Fsp3) is 0.348. The van der Waals surface area contributed by atoms with E-state index in [2.05, 4.69) is 20.1 Å². The largest absolute Gasteiger partial charge is 0.497 e. The van der Waals surface area contributed by atoms with Gasteiger partial charge in [-0.05, 0) is 55.2 Å². The lowest BCUT2D eigenvalue weighted by atomic mass is 10.1. The minimum Gasteiger partial charge on any atom is -0.497 e. The lowest BCUT2D eigenvalue weighted by Gasteiger charge is -2.11. The summed E-state index contributed by atoms with van der Waals surface area (Å²) in [5, 5.41) is 11.3. The van der Waals surface area contributed by atoms with Gasteiger partial charge >= 0.3 is 0 Å². The third kappa shape index (κ3) is 4.50. The smallest absolute Gasteiger partial charge is 0.224 e. The first-order chi connectivity index (χ1) is 14.6. The molecule has 1 aliphatic heterocycles. The van der Waals surface area contributed by atoms with Crippen LogP contribution in [0, 0.1) is 5.82 Å². The number of rotatable bonds is 6. The second kappa shape index (κ2) is 9.07. The molecule has 2 aromatic carbocycles. The molecule has 30 heavy (non-hydrogen) atoms. The molecule has 1 aromatic heterocycles. The molecule has 3 aromatic rings. The van der Waals surface area contributed by atoms with Crippen LogP contribution in [-0.2, 0) is 24.2 Å². The average Bonchev–Trinajstić information content (AvgIpc) is 3.02. The zero-order chi connectivity index (χ0) is 20.9. The van der Waals surface area contributed by atoms with Crippen molar-refractivity contribution in [3.05, 3.63) is 59.7 Å². The second-order valence-electron chi connectivity index (χ2n) is 7.49. The molecule has 0 bridgehead atoms. The molecule has 4 rings (SSSR count). The normalized spacial score (nSPS) is 13.4. The topological polar surface area (TPSA) is 69.0 Å². The number of carbonyl (C=O) groups is 1. The third-order valence-electron chi connectivity index (χ3n) is 5.41. The van der Waals surface area contributed by atoms with Crippen LogP contribution in [0.3, 0.4) is 0 Å². The summed E-state index contributed by atoms with van der Waals surface area (Å²) in [6.45, 7) is 0.860. The van der Waals surface area contributed by atoms with E-state index in [-0.39, 0.29) is 18.0 Å². The number of anilines is 1. The standard InChI is InChI=1S/C23H25FN4O2/c1-30-18-10-6-16(7-11-18)8-13-22(29)25-20-15-17(9-12-19(20)24)23-27-26-21-5-3-2-4-14-28(21)23/h6-7,9-12,15H,2-5,8,13-14H2,1H3,(H,25,29). The zero-order valence-corrected chi connectivity index (χ0v) is 17.0.